The van der Waals surface area contributed by atoms with E-state index in [0.717, 1.165) is 11.1 Å². The van der Waals surface area contributed by atoms with Gasteiger partial charge in [0.25, 0.3) is 4.92 Å². The van der Waals surface area contributed by atoms with Gasteiger partial charge in [0.05, 0.1) is 22.6 Å². The average molecular weight is 300 g/mol. The van der Waals surface area contributed by atoms with E-state index < -0.39 is 0 Å². The van der Waals surface area contributed by atoms with Crippen molar-refractivity contribution in [3.63, 3.8) is 0 Å². The highest BCUT2D eigenvalue weighted by atomic mass is 16.6. The highest BCUT2D eigenvalue weighted by Gasteiger charge is 2.17. The molecule has 0 amide bonds. The van der Waals surface area contributed by atoms with Crippen molar-refractivity contribution < 1.29 is 15.2 Å². The number of benzene rings is 1. The number of hydrogen-bond acceptors (Lipinski definition) is 5. The third-order valence-electron chi connectivity index (χ3n) is 3.43. The van der Waals surface area contributed by atoms with E-state index in [1.807, 2.05) is 0 Å². The molecule has 0 spiro atoms. The number of aromatic nitrogens is 3. The first-order chi connectivity index (χ1) is 10.5. The van der Waals surface area contributed by atoms with E-state index in [-0.39, 0.29) is 17.2 Å². The molecule has 2 heterocycles. The molecule has 22 heavy (non-hydrogen) atoms. The minimum atomic E-state index is -0.211. The Hall–Kier alpha value is -3.00. The number of aliphatic hydroxyl groups excluding tert-OH is 1. The quantitative estimate of drug-likeness (QED) is 0.631. The van der Waals surface area contributed by atoms with E-state index >= 15 is 0 Å². The van der Waals surface area contributed by atoms with E-state index in [2.05, 4.69) is 10.1 Å². The first-order valence-corrected chi connectivity index (χ1v) is 6.50. The Bertz CT molecular complexity index is 870. The molecule has 112 valence electrons. The predicted molar refractivity (Wildman–Crippen MR) is 79.4 cm³/mol. The van der Waals surface area contributed by atoms with Crippen LogP contribution in [0, 0.1) is 4.91 Å². The van der Waals surface area contributed by atoms with Gasteiger partial charge in [0.15, 0.2) is 11.5 Å². The number of hydrogen-bond donors (Lipinski definition) is 3. The normalized spacial score (nSPS) is 11.0. The Labute approximate surface area is 125 Å². The van der Waals surface area contributed by atoms with Gasteiger partial charge >= 0.3 is 5.69 Å². The van der Waals surface area contributed by atoms with Crippen LogP contribution in [0.5, 0.6) is 0 Å². The summed E-state index contributed by atoms with van der Waals surface area (Å²) in [6.07, 6.45) is 0. The number of fused-ring (bicyclic) bond motifs is 1. The predicted octanol–water partition coefficient (Wildman–Crippen LogP) is 1.51. The molecule has 4 N–H and O–H groups in total. The molecule has 3 aromatic rings. The molecular formula is C14H14N5O3+. The van der Waals surface area contributed by atoms with Crippen molar-refractivity contribution in [3.05, 3.63) is 40.9 Å². The summed E-state index contributed by atoms with van der Waals surface area (Å²) in [6.45, 7) is -0.211. The second-order valence-electron chi connectivity index (χ2n) is 4.85. The van der Waals surface area contributed by atoms with Gasteiger partial charge in [-0.05, 0) is 29.3 Å². The molecule has 8 nitrogen and oxygen atoms in total. The summed E-state index contributed by atoms with van der Waals surface area (Å²) in [4.78, 5) is 15.0. The summed E-state index contributed by atoms with van der Waals surface area (Å²) in [6, 6.07) is 8.06. The molecule has 8 heteroatoms. The van der Waals surface area contributed by atoms with E-state index in [0.29, 0.717) is 22.5 Å². The molecule has 0 aliphatic heterocycles. The largest absolute Gasteiger partial charge is 0.390 e. The van der Waals surface area contributed by atoms with Crippen molar-refractivity contribution in [1.29, 1.82) is 0 Å². The number of aliphatic hydroxyl groups is 1. The van der Waals surface area contributed by atoms with E-state index in [1.165, 1.54) is 12.1 Å². The number of pyridine rings is 1. The fraction of sp³-hybridized carbons (Fsp3) is 0.143. The molecular weight excluding hydrogens is 286 g/mol. The number of rotatable bonds is 3. The minimum Gasteiger partial charge on any atom is -0.390 e. The zero-order valence-corrected chi connectivity index (χ0v) is 11.8. The molecule has 0 radical (unpaired) electrons. The lowest BCUT2D eigenvalue weighted by molar-refractivity contribution is -0.729. The van der Waals surface area contributed by atoms with Crippen molar-refractivity contribution in [2.75, 3.05) is 5.73 Å². The van der Waals surface area contributed by atoms with Gasteiger partial charge in [0.2, 0.25) is 0 Å². The smallest absolute Gasteiger partial charge is 0.316 e. The SMILES string of the molecule is Cn1nc(N)c2c(-c3ccc([N+](=O)O)cc3)cc(CO)nc21. The first kappa shape index (κ1) is 14.0. The lowest BCUT2D eigenvalue weighted by Gasteiger charge is -2.06. The Kier molecular flexibility index (Phi) is 3.22. The van der Waals surface area contributed by atoms with Crippen LogP contribution in [0.1, 0.15) is 5.69 Å². The van der Waals surface area contributed by atoms with Crippen molar-refractivity contribution >= 4 is 22.5 Å². The first-order valence-electron chi connectivity index (χ1n) is 6.50. The van der Waals surface area contributed by atoms with Crippen LogP contribution in [0.2, 0.25) is 0 Å². The van der Waals surface area contributed by atoms with Gasteiger partial charge in [-0.1, -0.05) is 0 Å². The summed E-state index contributed by atoms with van der Waals surface area (Å²) >= 11 is 0. The summed E-state index contributed by atoms with van der Waals surface area (Å²) < 4.78 is 1.55. The van der Waals surface area contributed by atoms with Crippen molar-refractivity contribution in [1.82, 2.24) is 14.8 Å². The Balaban J connectivity index is 2.26. The van der Waals surface area contributed by atoms with Crippen LogP contribution >= 0.6 is 0 Å². The van der Waals surface area contributed by atoms with Gasteiger partial charge < -0.3 is 10.8 Å². The van der Waals surface area contributed by atoms with Gasteiger partial charge in [-0.2, -0.15) is 5.10 Å². The molecule has 0 unspecified atom stereocenters. The van der Waals surface area contributed by atoms with Crippen LogP contribution in [-0.2, 0) is 13.7 Å². The molecule has 0 fully saturated rings. The van der Waals surface area contributed by atoms with Crippen LogP contribution in [0.3, 0.4) is 0 Å². The summed E-state index contributed by atoms with van der Waals surface area (Å²) in [7, 11) is 1.72. The molecule has 2 aromatic heterocycles. The second-order valence-corrected chi connectivity index (χ2v) is 4.85. The van der Waals surface area contributed by atoms with Crippen LogP contribution in [0.25, 0.3) is 22.2 Å². The third kappa shape index (κ3) is 2.15. The third-order valence-corrected chi connectivity index (χ3v) is 3.43. The molecule has 0 saturated carbocycles. The van der Waals surface area contributed by atoms with Gasteiger partial charge in [-0.15, -0.1) is 0 Å². The molecule has 0 bridgehead atoms. The van der Waals surface area contributed by atoms with E-state index in [4.69, 9.17) is 10.9 Å². The maximum atomic E-state index is 10.9. The van der Waals surface area contributed by atoms with Crippen molar-refractivity contribution in [2.45, 2.75) is 6.61 Å². The average Bonchev–Trinajstić information content (AvgIpc) is 2.81. The van der Waals surface area contributed by atoms with E-state index in [1.54, 1.807) is 29.9 Å². The number of nitrogens with zero attached hydrogens (tertiary/aromatic N) is 4. The summed E-state index contributed by atoms with van der Waals surface area (Å²) in [5.74, 6) is 0.334. The zero-order valence-electron chi connectivity index (χ0n) is 11.8. The maximum Gasteiger partial charge on any atom is 0.316 e. The van der Waals surface area contributed by atoms with Crippen LogP contribution in [0.15, 0.2) is 30.3 Å². The fourth-order valence-corrected chi connectivity index (χ4v) is 2.41. The van der Waals surface area contributed by atoms with Gasteiger partial charge in [0, 0.05) is 19.2 Å². The maximum absolute atomic E-state index is 10.9. The van der Waals surface area contributed by atoms with Crippen LogP contribution in [-0.4, -0.2) is 30.0 Å². The number of aryl methyl sites for hydroxylation is 1. The van der Waals surface area contributed by atoms with Gasteiger partial charge in [-0.3, -0.25) is 0 Å². The molecule has 3 rings (SSSR count). The topological polar surface area (TPSA) is 117 Å². The monoisotopic (exact) mass is 300 g/mol. The number of nitrogen functional groups attached to an aromatic ring is 1. The highest BCUT2D eigenvalue weighted by Crippen LogP contribution is 2.32. The van der Waals surface area contributed by atoms with Gasteiger partial charge in [-0.25, -0.2) is 14.9 Å². The zero-order chi connectivity index (χ0) is 15.9. The second kappa shape index (κ2) is 5.08. The highest BCUT2D eigenvalue weighted by molar-refractivity contribution is 6.00. The van der Waals surface area contributed by atoms with Crippen LogP contribution < -0.4 is 5.73 Å². The Morgan fingerprint density at radius 2 is 2.00 bits per heavy atom. The Morgan fingerprint density at radius 3 is 2.59 bits per heavy atom. The lowest BCUT2D eigenvalue weighted by Crippen LogP contribution is -1.97. The fourth-order valence-electron chi connectivity index (χ4n) is 2.41. The van der Waals surface area contributed by atoms with Gasteiger partial charge in [0.1, 0.15) is 0 Å². The summed E-state index contributed by atoms with van der Waals surface area (Å²) in [5, 5.41) is 23.1. The van der Waals surface area contributed by atoms with E-state index in [9.17, 15) is 10.0 Å². The van der Waals surface area contributed by atoms with Crippen LogP contribution in [0.4, 0.5) is 11.5 Å². The molecule has 0 aliphatic rings. The number of nitrogens with two attached hydrogens (primary N) is 1. The van der Waals surface area contributed by atoms with Crippen molar-refractivity contribution in [3.8, 4) is 11.1 Å². The Morgan fingerprint density at radius 1 is 1.32 bits per heavy atom. The summed E-state index contributed by atoms with van der Waals surface area (Å²) in [5.41, 5.74) is 8.65. The molecule has 0 aliphatic carbocycles. The molecule has 1 aromatic carbocycles. The minimum absolute atomic E-state index is 0.121. The van der Waals surface area contributed by atoms with Crippen molar-refractivity contribution in [2.24, 2.45) is 7.05 Å². The standard InChI is InChI=1S/C14H14N5O3/c1-18-14-12(13(15)17-18)11(6-9(7-20)16-14)8-2-4-10(5-3-8)19(21)22/h2-6,20H,7H2,1H3,(H2,15,17)(H,21,22)/q+1. The molecule has 0 atom stereocenters. The lowest BCUT2D eigenvalue weighted by atomic mass is 10.0. The number of anilines is 1. The molecule has 0 saturated heterocycles.